The lowest BCUT2D eigenvalue weighted by molar-refractivity contribution is 0.111. The summed E-state index contributed by atoms with van der Waals surface area (Å²) in [4.78, 5) is 27.6. The van der Waals surface area contributed by atoms with Gasteiger partial charge in [0.1, 0.15) is 18.9 Å². The van der Waals surface area contributed by atoms with Crippen LogP contribution in [-0.4, -0.2) is 34.3 Å². The lowest BCUT2D eigenvalue weighted by Gasteiger charge is -2.15. The lowest BCUT2D eigenvalue weighted by Crippen LogP contribution is -2.17. The molecule has 8 heteroatoms. The van der Waals surface area contributed by atoms with Crippen molar-refractivity contribution < 1.29 is 19.1 Å². The molecular weight excluding hydrogens is 382 g/mol. The molecule has 1 amide bonds. The van der Waals surface area contributed by atoms with E-state index in [-0.39, 0.29) is 19.1 Å². The van der Waals surface area contributed by atoms with Gasteiger partial charge < -0.3 is 9.47 Å². The maximum Gasteiger partial charge on any atom is 0.411 e. The fourth-order valence-corrected chi connectivity index (χ4v) is 2.94. The number of aldehydes is 1. The molecule has 0 saturated heterocycles. The number of fused-ring (bicyclic) bond motifs is 1. The molecule has 0 bridgehead atoms. The Morgan fingerprint density at radius 2 is 2.11 bits per heavy atom. The molecular formula is C20H20ClN3O4. The number of alkyl halides is 1. The number of carbonyl (C=O) groups excluding carboxylic acids is 2. The van der Waals surface area contributed by atoms with Gasteiger partial charge in [-0.2, -0.15) is 0 Å². The third-order valence-electron chi connectivity index (χ3n) is 4.28. The smallest absolute Gasteiger partial charge is 0.411 e. The van der Waals surface area contributed by atoms with Crippen LogP contribution in [0, 0.1) is 13.8 Å². The quantitative estimate of drug-likeness (QED) is 0.475. The number of hydrogen-bond acceptors (Lipinski definition) is 5. The Morgan fingerprint density at radius 3 is 2.86 bits per heavy atom. The molecule has 1 aromatic carbocycles. The third-order valence-corrected chi connectivity index (χ3v) is 4.43. The Morgan fingerprint density at radius 1 is 1.29 bits per heavy atom. The van der Waals surface area contributed by atoms with E-state index < -0.39 is 6.09 Å². The second kappa shape index (κ2) is 8.75. The topological polar surface area (TPSA) is 81.9 Å². The summed E-state index contributed by atoms with van der Waals surface area (Å²) in [6.45, 7) is 4.04. The van der Waals surface area contributed by atoms with Crippen LogP contribution in [-0.2, 0) is 11.3 Å². The maximum absolute atomic E-state index is 11.9. The van der Waals surface area contributed by atoms with Crippen molar-refractivity contribution in [2.45, 2.75) is 20.5 Å². The van der Waals surface area contributed by atoms with Crippen molar-refractivity contribution in [3.8, 4) is 5.75 Å². The third kappa shape index (κ3) is 4.09. The minimum atomic E-state index is -0.575. The molecule has 0 saturated carbocycles. The predicted molar refractivity (Wildman–Crippen MR) is 107 cm³/mol. The van der Waals surface area contributed by atoms with Gasteiger partial charge in [-0.3, -0.25) is 14.5 Å². The van der Waals surface area contributed by atoms with Crippen molar-refractivity contribution in [1.82, 2.24) is 9.38 Å². The Hall–Kier alpha value is -3.06. The van der Waals surface area contributed by atoms with Crippen molar-refractivity contribution in [3.63, 3.8) is 0 Å². The van der Waals surface area contributed by atoms with E-state index >= 15 is 0 Å². The summed E-state index contributed by atoms with van der Waals surface area (Å²) in [5.41, 5.74) is 4.04. The average molecular weight is 402 g/mol. The molecule has 28 heavy (non-hydrogen) atoms. The van der Waals surface area contributed by atoms with Crippen LogP contribution in [0.1, 0.15) is 27.3 Å². The number of ether oxygens (including phenoxy) is 2. The largest absolute Gasteiger partial charge is 0.485 e. The Balaban J connectivity index is 1.84. The zero-order valence-electron chi connectivity index (χ0n) is 15.6. The van der Waals surface area contributed by atoms with Gasteiger partial charge in [0.25, 0.3) is 0 Å². The van der Waals surface area contributed by atoms with Gasteiger partial charge in [-0.25, -0.2) is 9.78 Å². The molecule has 1 N–H and O–H groups in total. The van der Waals surface area contributed by atoms with Crippen LogP contribution >= 0.6 is 11.6 Å². The molecule has 3 aromatic rings. The van der Waals surface area contributed by atoms with Crippen LogP contribution in [0.25, 0.3) is 5.65 Å². The first-order valence-electron chi connectivity index (χ1n) is 8.69. The number of hydrogen-bond donors (Lipinski definition) is 1. The molecule has 146 valence electrons. The lowest BCUT2D eigenvalue weighted by atomic mass is 10.1. The number of amides is 1. The number of rotatable bonds is 7. The molecule has 0 spiro atoms. The Bertz CT molecular complexity index is 1020. The number of aryl methyl sites for hydroxylation is 2. The van der Waals surface area contributed by atoms with Crippen LogP contribution < -0.4 is 10.1 Å². The molecule has 0 radical (unpaired) electrons. The zero-order valence-corrected chi connectivity index (χ0v) is 16.3. The molecule has 0 fully saturated rings. The average Bonchev–Trinajstić information content (AvgIpc) is 3.01. The summed E-state index contributed by atoms with van der Waals surface area (Å²) in [7, 11) is 0. The summed E-state index contributed by atoms with van der Waals surface area (Å²) < 4.78 is 12.7. The van der Waals surface area contributed by atoms with Crippen LogP contribution in [0.3, 0.4) is 0 Å². The van der Waals surface area contributed by atoms with Gasteiger partial charge in [0.2, 0.25) is 0 Å². The highest BCUT2D eigenvalue weighted by molar-refractivity contribution is 6.18. The highest BCUT2D eigenvalue weighted by atomic mass is 35.5. The summed E-state index contributed by atoms with van der Waals surface area (Å²) in [6, 6.07) is 9.12. The minimum Gasteiger partial charge on any atom is -0.485 e. The van der Waals surface area contributed by atoms with E-state index in [1.165, 1.54) is 0 Å². The molecule has 7 nitrogen and oxygen atoms in total. The fraction of sp³-hybridized carbons (Fsp3) is 0.250. The van der Waals surface area contributed by atoms with E-state index in [4.69, 9.17) is 21.1 Å². The first kappa shape index (κ1) is 19.7. The maximum atomic E-state index is 11.9. The summed E-state index contributed by atoms with van der Waals surface area (Å²) >= 11 is 5.54. The van der Waals surface area contributed by atoms with Gasteiger partial charge >= 0.3 is 6.09 Å². The molecule has 0 unspecified atom stereocenters. The monoisotopic (exact) mass is 401 g/mol. The standard InChI is InChI=1S/C20H20ClN3O4/c1-13-5-3-6-16(23-20(26)27-10-8-21)15(13)12-28-18-7-4-9-24-17(11-25)14(2)22-19(18)24/h3-7,9,11H,8,10,12H2,1-2H3,(H,23,26). The van der Waals surface area contributed by atoms with E-state index in [2.05, 4.69) is 10.3 Å². The van der Waals surface area contributed by atoms with E-state index in [0.717, 1.165) is 17.4 Å². The Kier molecular flexibility index (Phi) is 6.16. The van der Waals surface area contributed by atoms with Crippen molar-refractivity contribution in [1.29, 1.82) is 0 Å². The molecule has 0 aliphatic heterocycles. The van der Waals surface area contributed by atoms with Crippen LogP contribution in [0.2, 0.25) is 0 Å². The number of nitrogens with one attached hydrogen (secondary N) is 1. The number of aromatic nitrogens is 2. The van der Waals surface area contributed by atoms with E-state index in [9.17, 15) is 9.59 Å². The number of pyridine rings is 1. The van der Waals surface area contributed by atoms with Crippen molar-refractivity contribution in [3.05, 3.63) is 59.0 Å². The minimum absolute atomic E-state index is 0.130. The van der Waals surface area contributed by atoms with Crippen LogP contribution in [0.4, 0.5) is 10.5 Å². The summed E-state index contributed by atoms with van der Waals surface area (Å²) in [5.74, 6) is 0.769. The number of imidazole rings is 1. The van der Waals surface area contributed by atoms with Gasteiger partial charge in [-0.15, -0.1) is 11.6 Å². The normalized spacial score (nSPS) is 10.7. The molecule has 0 aliphatic rings. The second-order valence-corrected chi connectivity index (χ2v) is 6.48. The molecule has 0 aliphatic carbocycles. The van der Waals surface area contributed by atoms with E-state index in [0.29, 0.717) is 28.5 Å². The number of carbonyl (C=O) groups is 2. The van der Waals surface area contributed by atoms with E-state index in [1.807, 2.05) is 19.1 Å². The van der Waals surface area contributed by atoms with Crippen molar-refractivity contribution in [2.24, 2.45) is 0 Å². The molecule has 3 rings (SSSR count). The Labute approximate surface area is 167 Å². The number of benzene rings is 1. The first-order valence-corrected chi connectivity index (χ1v) is 9.22. The second-order valence-electron chi connectivity index (χ2n) is 6.11. The SMILES string of the molecule is Cc1cccc(NC(=O)OCCCl)c1COc1cccn2c(C=O)c(C)nc12. The highest BCUT2D eigenvalue weighted by Crippen LogP contribution is 2.25. The van der Waals surface area contributed by atoms with Gasteiger partial charge in [0, 0.05) is 11.8 Å². The zero-order chi connectivity index (χ0) is 20.1. The first-order chi connectivity index (χ1) is 13.5. The summed E-state index contributed by atoms with van der Waals surface area (Å²) in [6.07, 6.45) is 1.96. The van der Waals surface area contributed by atoms with Gasteiger partial charge in [-0.05, 0) is 37.6 Å². The fourth-order valence-electron chi connectivity index (χ4n) is 2.87. The van der Waals surface area contributed by atoms with Gasteiger partial charge in [0.05, 0.1) is 17.3 Å². The predicted octanol–water partition coefficient (Wildman–Crippen LogP) is 4.13. The highest BCUT2D eigenvalue weighted by Gasteiger charge is 2.14. The molecule has 0 atom stereocenters. The molecule has 2 aromatic heterocycles. The van der Waals surface area contributed by atoms with Gasteiger partial charge in [-0.1, -0.05) is 12.1 Å². The van der Waals surface area contributed by atoms with Gasteiger partial charge in [0.15, 0.2) is 17.7 Å². The van der Waals surface area contributed by atoms with Crippen molar-refractivity contribution >= 4 is 35.3 Å². The van der Waals surface area contributed by atoms with Crippen LogP contribution in [0.5, 0.6) is 5.75 Å². The molecule has 2 heterocycles. The number of nitrogens with zero attached hydrogens (tertiary/aromatic N) is 2. The number of anilines is 1. The van der Waals surface area contributed by atoms with Crippen molar-refractivity contribution in [2.75, 3.05) is 17.8 Å². The van der Waals surface area contributed by atoms with E-state index in [1.54, 1.807) is 35.7 Å². The number of halogens is 1. The summed E-state index contributed by atoms with van der Waals surface area (Å²) in [5, 5.41) is 2.72. The van der Waals surface area contributed by atoms with Crippen LogP contribution in [0.15, 0.2) is 36.5 Å².